The van der Waals surface area contributed by atoms with E-state index >= 15 is 0 Å². The fraction of sp³-hybridized carbons (Fsp3) is 0.417. The zero-order valence-electron chi connectivity index (χ0n) is 20.6. The van der Waals surface area contributed by atoms with Crippen LogP contribution in [0.25, 0.3) is 0 Å². The Kier molecular flexibility index (Phi) is 10.6. The average molecular weight is 570 g/mol. The minimum Gasteiger partial charge on any atom is -0.466 e. The number of esters is 1. The van der Waals surface area contributed by atoms with E-state index in [0.29, 0.717) is 24.3 Å². The molecule has 1 heterocycles. The lowest BCUT2D eigenvalue weighted by Crippen LogP contribution is -2.47. The van der Waals surface area contributed by atoms with Crippen LogP contribution in [-0.2, 0) is 40.2 Å². The van der Waals surface area contributed by atoms with Gasteiger partial charge in [0.05, 0.1) is 29.5 Å². The Bertz CT molecular complexity index is 1250. The van der Waals surface area contributed by atoms with Crippen molar-refractivity contribution < 1.29 is 37.1 Å². The summed E-state index contributed by atoms with van der Waals surface area (Å²) in [6.07, 6.45) is 1.79. The van der Waals surface area contributed by atoms with Gasteiger partial charge in [-0.1, -0.05) is 23.7 Å². The van der Waals surface area contributed by atoms with Crippen molar-refractivity contribution in [2.45, 2.75) is 49.8 Å². The fourth-order valence-electron chi connectivity index (χ4n) is 3.58. The van der Waals surface area contributed by atoms with Gasteiger partial charge < -0.3 is 19.5 Å². The van der Waals surface area contributed by atoms with Gasteiger partial charge in [-0.05, 0) is 56.0 Å². The van der Waals surface area contributed by atoms with Gasteiger partial charge in [-0.15, -0.1) is 0 Å². The normalized spacial score (nSPS) is 16.4. The lowest BCUT2D eigenvalue weighted by atomic mass is 10.1. The van der Waals surface area contributed by atoms with Crippen LogP contribution in [0.3, 0.4) is 0 Å². The molecule has 0 radical (unpaired) electrons. The third-order valence-electron chi connectivity index (χ3n) is 5.50. The molecule has 1 aliphatic heterocycles. The number of anilines is 1. The van der Waals surface area contributed by atoms with Gasteiger partial charge in [0.25, 0.3) is 5.69 Å². The van der Waals surface area contributed by atoms with E-state index in [4.69, 9.17) is 25.8 Å². The Morgan fingerprint density at radius 1 is 1.21 bits per heavy atom. The summed E-state index contributed by atoms with van der Waals surface area (Å²) in [5.41, 5.74) is 0.425. The summed E-state index contributed by atoms with van der Waals surface area (Å²) in [5.74, 6) is -1.12. The number of carbonyl (C=O) groups excluding carboxylic acids is 2. The van der Waals surface area contributed by atoms with Crippen LogP contribution in [0.4, 0.5) is 11.4 Å². The maximum Gasteiger partial charge on any atom is 0.310 e. The van der Waals surface area contributed by atoms with Crippen LogP contribution in [0.5, 0.6) is 0 Å². The van der Waals surface area contributed by atoms with Crippen molar-refractivity contribution in [1.82, 2.24) is 4.72 Å². The number of carbonyl (C=O) groups is 2. The summed E-state index contributed by atoms with van der Waals surface area (Å²) in [6, 6.07) is 7.98. The molecule has 1 fully saturated rings. The van der Waals surface area contributed by atoms with Crippen LogP contribution in [0.15, 0.2) is 47.4 Å². The average Bonchev–Trinajstić information content (AvgIpc) is 2.88. The Labute approximate surface area is 224 Å². The maximum absolute atomic E-state index is 13.1. The highest BCUT2D eigenvalue weighted by molar-refractivity contribution is 7.89. The van der Waals surface area contributed by atoms with Gasteiger partial charge in [-0.3, -0.25) is 19.7 Å². The number of hydrogen-bond donors (Lipinski definition) is 2. The topological polar surface area (TPSA) is 163 Å². The maximum atomic E-state index is 13.1. The van der Waals surface area contributed by atoms with Crippen LogP contribution in [0, 0.1) is 10.1 Å². The number of nitro groups is 1. The molecule has 38 heavy (non-hydrogen) atoms. The van der Waals surface area contributed by atoms with Crippen LogP contribution in [-0.4, -0.2) is 57.4 Å². The first kappa shape index (κ1) is 29.5. The number of rotatable bonds is 12. The first-order chi connectivity index (χ1) is 18.1. The van der Waals surface area contributed by atoms with Gasteiger partial charge in [0.15, 0.2) is 6.29 Å². The molecule has 2 unspecified atom stereocenters. The van der Waals surface area contributed by atoms with Gasteiger partial charge in [0.1, 0.15) is 11.1 Å². The monoisotopic (exact) mass is 569 g/mol. The molecule has 3 rings (SSSR count). The minimum atomic E-state index is -4.39. The largest absolute Gasteiger partial charge is 0.466 e. The number of hydrogen-bond acceptors (Lipinski definition) is 9. The summed E-state index contributed by atoms with van der Waals surface area (Å²) in [5, 5.41) is 13.6. The molecule has 1 aliphatic rings. The van der Waals surface area contributed by atoms with E-state index in [2.05, 4.69) is 10.0 Å². The number of amides is 1. The predicted molar refractivity (Wildman–Crippen MR) is 137 cm³/mol. The molecule has 0 aromatic heterocycles. The van der Waals surface area contributed by atoms with Crippen molar-refractivity contribution in [3.63, 3.8) is 0 Å². The van der Waals surface area contributed by atoms with Gasteiger partial charge in [-0.2, -0.15) is 4.72 Å². The second kappa shape index (κ2) is 13.6. The molecule has 206 valence electrons. The molecule has 0 aliphatic carbocycles. The van der Waals surface area contributed by atoms with E-state index in [-0.39, 0.29) is 30.6 Å². The lowest BCUT2D eigenvalue weighted by molar-refractivity contribution is -0.384. The molecule has 2 N–H and O–H groups in total. The second-order valence-corrected chi connectivity index (χ2v) is 10.5. The number of nitrogens with zero attached hydrogens (tertiary/aromatic N) is 1. The molecule has 2 atom stereocenters. The van der Waals surface area contributed by atoms with Crippen molar-refractivity contribution in [2.75, 3.05) is 25.1 Å². The van der Waals surface area contributed by atoms with Gasteiger partial charge in [-0.25, -0.2) is 8.42 Å². The van der Waals surface area contributed by atoms with Gasteiger partial charge in [0.2, 0.25) is 15.9 Å². The van der Waals surface area contributed by atoms with Crippen LogP contribution in [0.2, 0.25) is 5.02 Å². The van der Waals surface area contributed by atoms with E-state index in [1.54, 1.807) is 31.2 Å². The van der Waals surface area contributed by atoms with Crippen molar-refractivity contribution in [1.29, 1.82) is 0 Å². The standard InChI is InChI=1S/C24H28ClN3O9S/c1-2-35-22(29)13-16-6-8-17(9-7-16)26-24(30)20(15-37-23-5-3-4-12-36-23)27-38(33,34)18-10-11-19(25)21(14-18)28(31)32/h6-11,14,20,23,27H,2-5,12-13,15H2,1H3,(H,26,30). The Balaban J connectivity index is 1.76. The van der Waals surface area contributed by atoms with Crippen molar-refractivity contribution in [3.05, 3.63) is 63.2 Å². The molecule has 14 heteroatoms. The van der Waals surface area contributed by atoms with Crippen LogP contribution < -0.4 is 10.0 Å². The van der Waals surface area contributed by atoms with E-state index < -0.39 is 43.8 Å². The van der Waals surface area contributed by atoms with Gasteiger partial charge in [0, 0.05) is 18.4 Å². The Morgan fingerprint density at radius 3 is 2.58 bits per heavy atom. The van der Waals surface area contributed by atoms with E-state index in [1.165, 1.54) is 0 Å². The lowest BCUT2D eigenvalue weighted by Gasteiger charge is -2.25. The van der Waals surface area contributed by atoms with Crippen LogP contribution in [0.1, 0.15) is 31.7 Å². The first-order valence-electron chi connectivity index (χ1n) is 11.8. The number of nitrogens with one attached hydrogen (secondary N) is 2. The zero-order valence-corrected chi connectivity index (χ0v) is 22.1. The van der Waals surface area contributed by atoms with Crippen molar-refractivity contribution in [2.24, 2.45) is 0 Å². The number of sulfonamides is 1. The third-order valence-corrected chi connectivity index (χ3v) is 7.29. The summed E-state index contributed by atoms with van der Waals surface area (Å²) in [6.45, 7) is 2.10. The van der Waals surface area contributed by atoms with Gasteiger partial charge >= 0.3 is 5.97 Å². The molecular formula is C24H28ClN3O9S. The SMILES string of the molecule is CCOC(=O)Cc1ccc(NC(=O)C(COC2CCCCO2)NS(=O)(=O)c2ccc(Cl)c([N+](=O)[O-])c2)cc1. The Hall–Kier alpha value is -3.10. The summed E-state index contributed by atoms with van der Waals surface area (Å²) in [4.78, 5) is 34.7. The molecular weight excluding hydrogens is 542 g/mol. The number of nitro benzene ring substituents is 1. The second-order valence-electron chi connectivity index (χ2n) is 8.34. The van der Waals surface area contributed by atoms with E-state index in [9.17, 15) is 28.1 Å². The molecule has 1 amide bonds. The highest BCUT2D eigenvalue weighted by atomic mass is 35.5. The number of benzene rings is 2. The highest BCUT2D eigenvalue weighted by Crippen LogP contribution is 2.27. The zero-order chi connectivity index (χ0) is 27.7. The van der Waals surface area contributed by atoms with E-state index in [0.717, 1.165) is 31.0 Å². The van der Waals surface area contributed by atoms with E-state index in [1.807, 2.05) is 0 Å². The molecule has 0 saturated carbocycles. The quantitative estimate of drug-likeness (QED) is 0.222. The van der Waals surface area contributed by atoms with Crippen molar-refractivity contribution in [3.8, 4) is 0 Å². The highest BCUT2D eigenvalue weighted by Gasteiger charge is 2.29. The molecule has 0 spiro atoms. The van der Waals surface area contributed by atoms with Crippen molar-refractivity contribution >= 4 is 44.9 Å². The van der Waals surface area contributed by atoms with Crippen LogP contribution >= 0.6 is 11.6 Å². The number of ether oxygens (including phenoxy) is 3. The first-order valence-corrected chi connectivity index (χ1v) is 13.7. The molecule has 2 aromatic rings. The Morgan fingerprint density at radius 2 is 1.95 bits per heavy atom. The third kappa shape index (κ3) is 8.46. The minimum absolute atomic E-state index is 0.0624. The summed E-state index contributed by atoms with van der Waals surface area (Å²) >= 11 is 5.80. The smallest absolute Gasteiger partial charge is 0.310 e. The predicted octanol–water partition coefficient (Wildman–Crippen LogP) is 3.18. The molecule has 12 nitrogen and oxygen atoms in total. The number of halogens is 1. The molecule has 2 aromatic carbocycles. The summed E-state index contributed by atoms with van der Waals surface area (Å²) < 4.78 is 44.4. The molecule has 0 bridgehead atoms. The summed E-state index contributed by atoms with van der Waals surface area (Å²) in [7, 11) is -4.39. The fourth-order valence-corrected chi connectivity index (χ4v) is 4.96. The molecule has 1 saturated heterocycles.